The lowest BCUT2D eigenvalue weighted by Crippen LogP contribution is -2.26. The smallest absolute Gasteiger partial charge is 0.313 e. The first-order chi connectivity index (χ1) is 11.1. The number of aromatic amines is 1. The Morgan fingerprint density at radius 1 is 1.35 bits per heavy atom. The monoisotopic (exact) mass is 335 g/mol. The fraction of sp³-hybridized carbons (Fsp3) is 0.267. The fourth-order valence-electron chi connectivity index (χ4n) is 1.93. The number of rotatable bonds is 8. The van der Waals surface area contributed by atoms with E-state index >= 15 is 0 Å². The van der Waals surface area contributed by atoms with E-state index in [-0.39, 0.29) is 11.7 Å². The lowest BCUT2D eigenvalue weighted by atomic mass is 10.1. The second kappa shape index (κ2) is 8.23. The lowest BCUT2D eigenvalue weighted by Gasteiger charge is -2.06. The van der Waals surface area contributed by atoms with Gasteiger partial charge in [0.05, 0.1) is 30.3 Å². The lowest BCUT2D eigenvalue weighted by molar-refractivity contribution is -0.133. The quantitative estimate of drug-likeness (QED) is 0.634. The third-order valence-electron chi connectivity index (χ3n) is 3.02. The Morgan fingerprint density at radius 2 is 2.09 bits per heavy atom. The highest BCUT2D eigenvalue weighted by Gasteiger charge is 2.15. The number of nitrogens with zero attached hydrogens (tertiary/aromatic N) is 1. The van der Waals surface area contributed by atoms with Crippen LogP contribution in [0.15, 0.2) is 30.5 Å². The van der Waals surface area contributed by atoms with Gasteiger partial charge in [-0.15, -0.1) is 11.8 Å². The van der Waals surface area contributed by atoms with Gasteiger partial charge >= 0.3 is 5.97 Å². The molecular formula is C15H17N3O4S. The average Bonchev–Trinajstić information content (AvgIpc) is 3.04. The predicted molar refractivity (Wildman–Crippen MR) is 87.9 cm³/mol. The van der Waals surface area contributed by atoms with Crippen molar-refractivity contribution in [1.29, 1.82) is 0 Å². The molecule has 0 aliphatic carbocycles. The van der Waals surface area contributed by atoms with Crippen LogP contribution in [0.25, 0.3) is 11.3 Å². The molecule has 2 aromatic rings. The maximum absolute atomic E-state index is 12.2. The van der Waals surface area contributed by atoms with Crippen LogP contribution in [0.1, 0.15) is 10.4 Å². The van der Waals surface area contributed by atoms with Crippen molar-refractivity contribution in [3.8, 4) is 17.0 Å². The van der Waals surface area contributed by atoms with Crippen molar-refractivity contribution in [2.75, 3.05) is 25.2 Å². The molecule has 0 unspecified atom stereocenters. The van der Waals surface area contributed by atoms with Crippen molar-refractivity contribution in [2.24, 2.45) is 0 Å². The highest BCUT2D eigenvalue weighted by atomic mass is 32.2. The van der Waals surface area contributed by atoms with Gasteiger partial charge in [-0.1, -0.05) is 0 Å². The van der Waals surface area contributed by atoms with E-state index in [1.165, 1.54) is 18.0 Å². The topological polar surface area (TPSA) is 104 Å². The summed E-state index contributed by atoms with van der Waals surface area (Å²) in [6, 6.07) is 7.29. The van der Waals surface area contributed by atoms with Gasteiger partial charge in [0, 0.05) is 17.9 Å². The molecule has 0 spiro atoms. The molecule has 0 aliphatic heterocycles. The standard InChI is InChI=1S/C15H17N3O4S/c1-22-11-4-2-10(3-5-11)14-12(8-17-18-14)15(21)16-6-7-23-9-13(19)20/h2-5,8H,6-7,9H2,1H3,(H,16,21)(H,17,18)(H,19,20). The third-order valence-corrected chi connectivity index (χ3v) is 3.96. The molecule has 2 rings (SSSR count). The Morgan fingerprint density at radius 3 is 2.74 bits per heavy atom. The first-order valence-corrected chi connectivity index (χ1v) is 8.03. The zero-order valence-electron chi connectivity index (χ0n) is 12.5. The van der Waals surface area contributed by atoms with Gasteiger partial charge in [0.25, 0.3) is 5.91 Å². The minimum atomic E-state index is -0.863. The Hall–Kier alpha value is -2.48. The van der Waals surface area contributed by atoms with Crippen molar-refractivity contribution in [3.05, 3.63) is 36.0 Å². The third kappa shape index (κ3) is 4.75. The summed E-state index contributed by atoms with van der Waals surface area (Å²) in [7, 11) is 1.59. The minimum Gasteiger partial charge on any atom is -0.497 e. The van der Waals surface area contributed by atoms with E-state index in [1.54, 1.807) is 19.2 Å². The number of carbonyl (C=O) groups is 2. The molecule has 7 nitrogen and oxygen atoms in total. The number of carboxylic acids is 1. The number of carbonyl (C=O) groups excluding carboxylic acids is 1. The maximum atomic E-state index is 12.2. The van der Waals surface area contributed by atoms with Gasteiger partial charge in [-0.25, -0.2) is 0 Å². The van der Waals surface area contributed by atoms with Gasteiger partial charge in [0.1, 0.15) is 5.75 Å². The largest absolute Gasteiger partial charge is 0.497 e. The molecule has 0 aliphatic rings. The van der Waals surface area contributed by atoms with Crippen molar-refractivity contribution in [2.45, 2.75) is 0 Å². The molecule has 1 aromatic carbocycles. The second-order valence-corrected chi connectivity index (χ2v) is 5.69. The number of thioether (sulfide) groups is 1. The normalized spacial score (nSPS) is 10.3. The summed E-state index contributed by atoms with van der Waals surface area (Å²) in [5, 5.41) is 18.0. The molecule has 0 atom stereocenters. The number of amides is 1. The van der Waals surface area contributed by atoms with Crippen LogP contribution in [0.2, 0.25) is 0 Å². The van der Waals surface area contributed by atoms with E-state index in [2.05, 4.69) is 15.5 Å². The Balaban J connectivity index is 1.96. The molecule has 1 heterocycles. The van der Waals surface area contributed by atoms with Crippen LogP contribution in [-0.2, 0) is 4.79 Å². The van der Waals surface area contributed by atoms with Crippen LogP contribution >= 0.6 is 11.8 Å². The molecule has 1 amide bonds. The number of ether oxygens (including phenoxy) is 1. The molecule has 0 saturated heterocycles. The molecule has 122 valence electrons. The summed E-state index contributed by atoms with van der Waals surface area (Å²) in [4.78, 5) is 22.6. The first-order valence-electron chi connectivity index (χ1n) is 6.87. The Labute approximate surface area is 137 Å². The van der Waals surface area contributed by atoms with E-state index in [0.717, 1.165) is 11.3 Å². The predicted octanol–water partition coefficient (Wildman–Crippen LogP) is 1.63. The Kier molecular flexibility index (Phi) is 6.04. The van der Waals surface area contributed by atoms with Gasteiger partial charge in [0.15, 0.2) is 0 Å². The highest BCUT2D eigenvalue weighted by molar-refractivity contribution is 7.99. The van der Waals surface area contributed by atoms with Crippen LogP contribution in [-0.4, -0.2) is 52.3 Å². The first kappa shape index (κ1) is 16.9. The van der Waals surface area contributed by atoms with Crippen molar-refractivity contribution < 1.29 is 19.4 Å². The molecule has 23 heavy (non-hydrogen) atoms. The number of benzene rings is 1. The van der Waals surface area contributed by atoms with E-state index in [0.29, 0.717) is 23.6 Å². The summed E-state index contributed by atoms with van der Waals surface area (Å²) in [6.45, 7) is 0.393. The molecular weight excluding hydrogens is 318 g/mol. The number of aliphatic carboxylic acids is 1. The van der Waals surface area contributed by atoms with Gasteiger partial charge in [0.2, 0.25) is 0 Å². The molecule has 0 radical (unpaired) electrons. The number of methoxy groups -OCH3 is 1. The van der Waals surface area contributed by atoms with Crippen LogP contribution in [0.4, 0.5) is 0 Å². The number of hydrogen-bond acceptors (Lipinski definition) is 5. The van der Waals surface area contributed by atoms with E-state index < -0.39 is 5.97 Å². The summed E-state index contributed by atoms with van der Waals surface area (Å²) >= 11 is 1.25. The van der Waals surface area contributed by atoms with Gasteiger partial charge in [-0.2, -0.15) is 5.10 Å². The minimum absolute atomic E-state index is 0.0265. The van der Waals surface area contributed by atoms with Crippen LogP contribution in [0, 0.1) is 0 Å². The number of H-pyrrole nitrogens is 1. The van der Waals surface area contributed by atoms with Crippen molar-refractivity contribution in [1.82, 2.24) is 15.5 Å². The van der Waals surface area contributed by atoms with Crippen LogP contribution in [0.5, 0.6) is 5.75 Å². The zero-order chi connectivity index (χ0) is 16.7. The summed E-state index contributed by atoms with van der Waals surface area (Å²) < 4.78 is 5.11. The summed E-state index contributed by atoms with van der Waals surface area (Å²) in [5.74, 6) is 0.181. The second-order valence-electron chi connectivity index (χ2n) is 4.59. The molecule has 3 N–H and O–H groups in total. The highest BCUT2D eigenvalue weighted by Crippen LogP contribution is 2.23. The van der Waals surface area contributed by atoms with E-state index in [9.17, 15) is 9.59 Å². The van der Waals surface area contributed by atoms with Crippen LogP contribution < -0.4 is 10.1 Å². The number of nitrogens with one attached hydrogen (secondary N) is 2. The average molecular weight is 335 g/mol. The van der Waals surface area contributed by atoms with Gasteiger partial charge in [-0.3, -0.25) is 14.7 Å². The molecule has 0 fully saturated rings. The molecule has 0 bridgehead atoms. The van der Waals surface area contributed by atoms with Crippen molar-refractivity contribution in [3.63, 3.8) is 0 Å². The number of carboxylic acid groups (broad SMARTS) is 1. The molecule has 1 aromatic heterocycles. The number of aromatic nitrogens is 2. The fourth-order valence-corrected chi connectivity index (χ4v) is 2.49. The Bertz CT molecular complexity index is 670. The molecule has 8 heteroatoms. The van der Waals surface area contributed by atoms with Gasteiger partial charge < -0.3 is 15.2 Å². The van der Waals surface area contributed by atoms with E-state index in [1.807, 2.05) is 12.1 Å². The summed E-state index contributed by atoms with van der Waals surface area (Å²) in [6.07, 6.45) is 1.47. The SMILES string of the molecule is COc1ccc(-c2[nH]ncc2C(=O)NCCSCC(=O)O)cc1. The van der Waals surface area contributed by atoms with Crippen LogP contribution in [0.3, 0.4) is 0 Å². The summed E-state index contributed by atoms with van der Waals surface area (Å²) in [5.41, 5.74) is 1.90. The van der Waals surface area contributed by atoms with Crippen molar-refractivity contribution >= 4 is 23.6 Å². The van der Waals surface area contributed by atoms with E-state index in [4.69, 9.17) is 9.84 Å². The zero-order valence-corrected chi connectivity index (χ0v) is 13.4. The van der Waals surface area contributed by atoms with Gasteiger partial charge in [-0.05, 0) is 24.3 Å². The maximum Gasteiger partial charge on any atom is 0.313 e. The number of hydrogen-bond donors (Lipinski definition) is 3. The molecule has 0 saturated carbocycles.